The SMILES string of the molecule is O=C[C@H](CC(Cc1ccccc1)C(=O)O)N1C(=O)CC(Cc2ccccc2)C1=O. The summed E-state index contributed by atoms with van der Waals surface area (Å²) < 4.78 is 0. The minimum absolute atomic E-state index is 0.0362. The first-order valence-electron chi connectivity index (χ1n) is 9.61. The number of nitrogens with zero attached hydrogens (tertiary/aromatic N) is 1. The number of hydrogen-bond acceptors (Lipinski definition) is 4. The van der Waals surface area contributed by atoms with Gasteiger partial charge in [0.05, 0.1) is 17.9 Å². The highest BCUT2D eigenvalue weighted by atomic mass is 16.4. The molecule has 0 spiro atoms. The Labute approximate surface area is 169 Å². The Balaban J connectivity index is 1.72. The zero-order chi connectivity index (χ0) is 20.8. The van der Waals surface area contributed by atoms with Crippen LogP contribution in [0.3, 0.4) is 0 Å². The predicted molar refractivity (Wildman–Crippen MR) is 106 cm³/mol. The van der Waals surface area contributed by atoms with Crippen LogP contribution in [0.25, 0.3) is 0 Å². The number of aliphatic carboxylic acids is 1. The van der Waals surface area contributed by atoms with Gasteiger partial charge in [0.25, 0.3) is 0 Å². The van der Waals surface area contributed by atoms with Crippen molar-refractivity contribution >= 4 is 24.1 Å². The molecule has 0 radical (unpaired) electrons. The van der Waals surface area contributed by atoms with Crippen LogP contribution in [0, 0.1) is 11.8 Å². The van der Waals surface area contributed by atoms with Gasteiger partial charge in [0.2, 0.25) is 11.8 Å². The van der Waals surface area contributed by atoms with Crippen molar-refractivity contribution in [3.63, 3.8) is 0 Å². The molecule has 0 bridgehead atoms. The van der Waals surface area contributed by atoms with Crippen LogP contribution < -0.4 is 0 Å². The molecule has 3 atom stereocenters. The van der Waals surface area contributed by atoms with Crippen LogP contribution in [0.1, 0.15) is 24.0 Å². The third-order valence-electron chi connectivity index (χ3n) is 5.29. The van der Waals surface area contributed by atoms with E-state index >= 15 is 0 Å². The Hall–Kier alpha value is -3.28. The number of carbonyl (C=O) groups excluding carboxylic acids is 3. The maximum absolute atomic E-state index is 12.8. The maximum atomic E-state index is 12.8. The number of carbonyl (C=O) groups is 4. The van der Waals surface area contributed by atoms with Crippen LogP contribution in [0.2, 0.25) is 0 Å². The Morgan fingerprint density at radius 3 is 2.17 bits per heavy atom. The molecule has 0 aliphatic carbocycles. The van der Waals surface area contributed by atoms with Gasteiger partial charge in [-0.2, -0.15) is 0 Å². The van der Waals surface area contributed by atoms with Crippen LogP contribution in [-0.2, 0) is 32.0 Å². The third kappa shape index (κ3) is 4.96. The van der Waals surface area contributed by atoms with E-state index in [1.54, 1.807) is 0 Å². The molecule has 0 saturated carbocycles. The quantitative estimate of drug-likeness (QED) is 0.522. The fourth-order valence-corrected chi connectivity index (χ4v) is 3.81. The number of hydrogen-bond donors (Lipinski definition) is 1. The molecule has 2 unspecified atom stereocenters. The second kappa shape index (κ2) is 9.28. The number of aldehydes is 1. The van der Waals surface area contributed by atoms with Gasteiger partial charge in [-0.3, -0.25) is 19.3 Å². The topological polar surface area (TPSA) is 91.8 Å². The zero-order valence-electron chi connectivity index (χ0n) is 15.9. The van der Waals surface area contributed by atoms with Gasteiger partial charge in [-0.1, -0.05) is 60.7 Å². The highest BCUT2D eigenvalue weighted by Gasteiger charge is 2.43. The predicted octanol–water partition coefficient (Wildman–Crippen LogP) is 2.51. The summed E-state index contributed by atoms with van der Waals surface area (Å²) in [6.45, 7) is 0. The van der Waals surface area contributed by atoms with Crippen molar-refractivity contribution in [3.8, 4) is 0 Å². The van der Waals surface area contributed by atoms with E-state index in [4.69, 9.17) is 0 Å². The van der Waals surface area contributed by atoms with E-state index in [2.05, 4.69) is 0 Å². The Bertz CT molecular complexity index is 881. The summed E-state index contributed by atoms with van der Waals surface area (Å²) in [5.41, 5.74) is 1.77. The van der Waals surface area contributed by atoms with Crippen molar-refractivity contribution in [3.05, 3.63) is 71.8 Å². The summed E-state index contributed by atoms with van der Waals surface area (Å²) in [7, 11) is 0. The van der Waals surface area contributed by atoms with E-state index in [1.165, 1.54) is 0 Å². The van der Waals surface area contributed by atoms with E-state index in [1.807, 2.05) is 60.7 Å². The third-order valence-corrected chi connectivity index (χ3v) is 5.29. The molecule has 6 nitrogen and oxygen atoms in total. The lowest BCUT2D eigenvalue weighted by atomic mass is 9.92. The summed E-state index contributed by atoms with van der Waals surface area (Å²) in [4.78, 5) is 49.8. The monoisotopic (exact) mass is 393 g/mol. The second-order valence-corrected chi connectivity index (χ2v) is 7.36. The molecule has 2 amide bonds. The summed E-state index contributed by atoms with van der Waals surface area (Å²) in [5.74, 6) is -3.27. The first kappa shape index (κ1) is 20.5. The molecule has 1 aliphatic rings. The molecule has 1 heterocycles. The molecule has 1 fully saturated rings. The van der Waals surface area contributed by atoms with Crippen LogP contribution in [0.5, 0.6) is 0 Å². The van der Waals surface area contributed by atoms with Crippen molar-refractivity contribution in [1.82, 2.24) is 4.90 Å². The van der Waals surface area contributed by atoms with Crippen LogP contribution in [0.4, 0.5) is 0 Å². The van der Waals surface area contributed by atoms with Gasteiger partial charge >= 0.3 is 5.97 Å². The summed E-state index contributed by atoms with van der Waals surface area (Å²) >= 11 is 0. The van der Waals surface area contributed by atoms with Gasteiger partial charge in [0.1, 0.15) is 6.29 Å². The molecule has 2 aromatic carbocycles. The summed E-state index contributed by atoms with van der Waals surface area (Å²) in [6.07, 6.45) is 1.10. The number of likely N-dealkylation sites (tertiary alicyclic amines) is 1. The maximum Gasteiger partial charge on any atom is 0.306 e. The second-order valence-electron chi connectivity index (χ2n) is 7.36. The number of imide groups is 1. The Kier molecular flexibility index (Phi) is 6.54. The Morgan fingerprint density at radius 1 is 1.03 bits per heavy atom. The van der Waals surface area contributed by atoms with E-state index in [9.17, 15) is 24.3 Å². The highest BCUT2D eigenvalue weighted by molar-refractivity contribution is 6.05. The number of carboxylic acid groups (broad SMARTS) is 1. The molecular formula is C23H23NO5. The molecule has 1 N–H and O–H groups in total. The average Bonchev–Trinajstić information content (AvgIpc) is 3.00. The largest absolute Gasteiger partial charge is 0.481 e. The highest BCUT2D eigenvalue weighted by Crippen LogP contribution is 2.28. The normalized spacial score (nSPS) is 18.5. The van der Waals surface area contributed by atoms with Crippen LogP contribution >= 0.6 is 0 Å². The number of carboxylic acids is 1. The fraction of sp³-hybridized carbons (Fsp3) is 0.304. The zero-order valence-corrected chi connectivity index (χ0v) is 15.9. The lowest BCUT2D eigenvalue weighted by Crippen LogP contribution is -2.43. The number of amides is 2. The minimum atomic E-state index is -1.07. The smallest absolute Gasteiger partial charge is 0.306 e. The van der Waals surface area contributed by atoms with Gasteiger partial charge in [-0.15, -0.1) is 0 Å². The van der Waals surface area contributed by atoms with Gasteiger partial charge in [-0.05, 0) is 30.4 Å². The van der Waals surface area contributed by atoms with Gasteiger partial charge < -0.3 is 9.90 Å². The molecule has 0 aromatic heterocycles. The average molecular weight is 393 g/mol. The van der Waals surface area contributed by atoms with E-state index in [0.29, 0.717) is 12.7 Å². The van der Waals surface area contributed by atoms with Gasteiger partial charge in [0.15, 0.2) is 0 Å². The molecule has 29 heavy (non-hydrogen) atoms. The van der Waals surface area contributed by atoms with E-state index in [0.717, 1.165) is 16.0 Å². The number of rotatable bonds is 9. The van der Waals surface area contributed by atoms with Crippen LogP contribution in [0.15, 0.2) is 60.7 Å². The van der Waals surface area contributed by atoms with Gasteiger partial charge in [-0.25, -0.2) is 0 Å². The van der Waals surface area contributed by atoms with Crippen molar-refractivity contribution in [2.45, 2.75) is 31.7 Å². The van der Waals surface area contributed by atoms with Crippen molar-refractivity contribution in [1.29, 1.82) is 0 Å². The lowest BCUT2D eigenvalue weighted by molar-refractivity contribution is -0.148. The molecule has 1 aliphatic heterocycles. The molecule has 3 rings (SSSR count). The first-order chi connectivity index (χ1) is 14.0. The van der Waals surface area contributed by atoms with Crippen molar-refractivity contribution < 1.29 is 24.3 Å². The fourth-order valence-electron chi connectivity index (χ4n) is 3.81. The molecule has 150 valence electrons. The molecular weight excluding hydrogens is 370 g/mol. The van der Waals surface area contributed by atoms with E-state index < -0.39 is 35.7 Å². The lowest BCUT2D eigenvalue weighted by Gasteiger charge is -2.24. The summed E-state index contributed by atoms with van der Waals surface area (Å²) in [5, 5.41) is 9.60. The van der Waals surface area contributed by atoms with Crippen molar-refractivity contribution in [2.75, 3.05) is 0 Å². The molecule has 2 aromatic rings. The molecule has 1 saturated heterocycles. The first-order valence-corrected chi connectivity index (χ1v) is 9.61. The van der Waals surface area contributed by atoms with Crippen LogP contribution in [-0.4, -0.2) is 40.1 Å². The van der Waals surface area contributed by atoms with Crippen molar-refractivity contribution in [2.24, 2.45) is 11.8 Å². The standard InChI is InChI=1S/C23H23NO5/c25-15-20(13-19(23(28)29)12-17-9-5-2-6-10-17)24-21(26)14-18(22(24)27)11-16-7-3-1-4-8-16/h1-10,15,18-20H,11-14H2,(H,28,29)/t18?,19?,20-/m0/s1. The molecule has 6 heteroatoms. The van der Waals surface area contributed by atoms with Gasteiger partial charge in [0, 0.05) is 6.42 Å². The number of benzene rings is 2. The Morgan fingerprint density at radius 2 is 1.62 bits per heavy atom. The van der Waals surface area contributed by atoms with E-state index in [-0.39, 0.29) is 19.3 Å². The minimum Gasteiger partial charge on any atom is -0.481 e. The summed E-state index contributed by atoms with van der Waals surface area (Å²) in [6, 6.07) is 17.4.